The summed E-state index contributed by atoms with van der Waals surface area (Å²) in [5.74, 6) is 1.67. The lowest BCUT2D eigenvalue weighted by atomic mass is 9.66. The normalized spacial score (nSPS) is 21.1. The summed E-state index contributed by atoms with van der Waals surface area (Å²) in [7, 11) is 3.29. The summed E-state index contributed by atoms with van der Waals surface area (Å²) in [5, 5.41) is 14.8. The SMILES string of the molecule is CN=C(CC1CCC(CNC(=O)c2ccccc2OC)(c2ccccc2)CC1)NC#N. The first-order chi connectivity index (χ1) is 15.1. The van der Waals surface area contributed by atoms with E-state index in [0.717, 1.165) is 37.9 Å². The summed E-state index contributed by atoms with van der Waals surface area (Å²) in [6.07, 6.45) is 6.73. The molecule has 0 atom stereocenters. The van der Waals surface area contributed by atoms with Crippen LogP contribution in [0.5, 0.6) is 5.75 Å². The van der Waals surface area contributed by atoms with Crippen molar-refractivity contribution in [3.8, 4) is 11.9 Å². The van der Waals surface area contributed by atoms with E-state index in [1.165, 1.54) is 5.56 Å². The molecule has 1 amide bonds. The molecule has 6 nitrogen and oxygen atoms in total. The third kappa shape index (κ3) is 5.43. The molecule has 6 heteroatoms. The largest absolute Gasteiger partial charge is 0.496 e. The van der Waals surface area contributed by atoms with Crippen molar-refractivity contribution in [2.24, 2.45) is 10.9 Å². The highest BCUT2D eigenvalue weighted by atomic mass is 16.5. The molecule has 0 heterocycles. The van der Waals surface area contributed by atoms with Crippen LogP contribution >= 0.6 is 0 Å². The number of benzene rings is 2. The van der Waals surface area contributed by atoms with Crippen LogP contribution < -0.4 is 15.4 Å². The molecule has 31 heavy (non-hydrogen) atoms. The van der Waals surface area contributed by atoms with E-state index in [0.29, 0.717) is 23.8 Å². The Hall–Kier alpha value is -3.33. The first-order valence-corrected chi connectivity index (χ1v) is 10.7. The van der Waals surface area contributed by atoms with Crippen molar-refractivity contribution in [2.75, 3.05) is 20.7 Å². The number of amidine groups is 1. The number of methoxy groups -OCH3 is 1. The molecule has 0 spiro atoms. The minimum Gasteiger partial charge on any atom is -0.496 e. The Kier molecular flexibility index (Phi) is 7.66. The number of amides is 1. The monoisotopic (exact) mass is 418 g/mol. The Bertz CT molecular complexity index is 941. The van der Waals surface area contributed by atoms with Gasteiger partial charge in [0.2, 0.25) is 0 Å². The van der Waals surface area contributed by atoms with Crippen molar-refractivity contribution in [2.45, 2.75) is 37.5 Å². The van der Waals surface area contributed by atoms with Crippen LogP contribution in [0.2, 0.25) is 0 Å². The molecule has 1 aliphatic carbocycles. The molecule has 0 unspecified atom stereocenters. The van der Waals surface area contributed by atoms with Crippen LogP contribution in [0.15, 0.2) is 59.6 Å². The van der Waals surface area contributed by atoms with Gasteiger partial charge >= 0.3 is 0 Å². The summed E-state index contributed by atoms with van der Waals surface area (Å²) in [6, 6.07) is 17.7. The van der Waals surface area contributed by atoms with E-state index in [1.807, 2.05) is 24.4 Å². The number of para-hydroxylation sites is 1. The topological polar surface area (TPSA) is 86.5 Å². The number of nitrogens with zero attached hydrogens (tertiary/aromatic N) is 2. The lowest BCUT2D eigenvalue weighted by Crippen LogP contribution is -2.43. The van der Waals surface area contributed by atoms with Crippen LogP contribution in [0.3, 0.4) is 0 Å². The number of nitriles is 1. The van der Waals surface area contributed by atoms with Gasteiger partial charge in [0.25, 0.3) is 5.91 Å². The fraction of sp³-hybridized carbons (Fsp3) is 0.400. The molecule has 1 saturated carbocycles. The Labute approximate surface area is 184 Å². The Balaban J connectivity index is 1.73. The lowest BCUT2D eigenvalue weighted by Gasteiger charge is -2.41. The van der Waals surface area contributed by atoms with E-state index in [4.69, 9.17) is 10.00 Å². The Morgan fingerprint density at radius 1 is 1.16 bits per heavy atom. The fourth-order valence-corrected chi connectivity index (χ4v) is 4.51. The van der Waals surface area contributed by atoms with Crippen molar-refractivity contribution < 1.29 is 9.53 Å². The average Bonchev–Trinajstić information content (AvgIpc) is 2.83. The predicted octanol–water partition coefficient (Wildman–Crippen LogP) is 4.04. The zero-order valence-electron chi connectivity index (χ0n) is 18.2. The maximum absolute atomic E-state index is 12.9. The van der Waals surface area contributed by atoms with Gasteiger partial charge in [-0.2, -0.15) is 5.26 Å². The second-order valence-electron chi connectivity index (χ2n) is 8.08. The third-order valence-corrected chi connectivity index (χ3v) is 6.34. The fourth-order valence-electron chi connectivity index (χ4n) is 4.51. The molecule has 0 aliphatic heterocycles. The Morgan fingerprint density at radius 3 is 2.48 bits per heavy atom. The molecule has 0 aromatic heterocycles. The molecular formula is C25H30N4O2. The van der Waals surface area contributed by atoms with Crippen LogP contribution in [-0.4, -0.2) is 32.4 Å². The van der Waals surface area contributed by atoms with Gasteiger partial charge in [0.05, 0.1) is 12.7 Å². The minimum absolute atomic E-state index is 0.110. The summed E-state index contributed by atoms with van der Waals surface area (Å²) >= 11 is 0. The minimum atomic E-state index is -0.117. The molecule has 3 rings (SSSR count). The molecule has 2 aromatic carbocycles. The second-order valence-corrected chi connectivity index (χ2v) is 8.08. The van der Waals surface area contributed by atoms with Gasteiger partial charge in [-0.1, -0.05) is 42.5 Å². The van der Waals surface area contributed by atoms with Crippen LogP contribution in [0.1, 0.15) is 48.0 Å². The number of nitrogens with one attached hydrogen (secondary N) is 2. The van der Waals surface area contributed by atoms with Crippen LogP contribution in [-0.2, 0) is 5.41 Å². The van der Waals surface area contributed by atoms with Crippen molar-refractivity contribution in [1.82, 2.24) is 10.6 Å². The zero-order valence-corrected chi connectivity index (χ0v) is 18.2. The van der Waals surface area contributed by atoms with Crippen molar-refractivity contribution in [3.63, 3.8) is 0 Å². The van der Waals surface area contributed by atoms with E-state index in [-0.39, 0.29) is 11.3 Å². The van der Waals surface area contributed by atoms with E-state index < -0.39 is 0 Å². The van der Waals surface area contributed by atoms with Gasteiger partial charge in [-0.25, -0.2) is 0 Å². The first kappa shape index (κ1) is 22.4. The number of hydrogen-bond acceptors (Lipinski definition) is 4. The quantitative estimate of drug-likeness (QED) is 0.307. The Morgan fingerprint density at radius 2 is 1.84 bits per heavy atom. The average molecular weight is 419 g/mol. The van der Waals surface area contributed by atoms with E-state index >= 15 is 0 Å². The van der Waals surface area contributed by atoms with Gasteiger partial charge in [0, 0.05) is 25.4 Å². The number of hydrogen-bond donors (Lipinski definition) is 2. The highest BCUT2D eigenvalue weighted by Crippen LogP contribution is 2.42. The summed E-state index contributed by atoms with van der Waals surface area (Å²) in [5.41, 5.74) is 1.70. The molecule has 1 fully saturated rings. The number of ether oxygens (including phenoxy) is 1. The van der Waals surface area contributed by atoms with Gasteiger partial charge in [0.15, 0.2) is 6.19 Å². The number of rotatable bonds is 7. The number of aliphatic imine (C=N–C) groups is 1. The van der Waals surface area contributed by atoms with Gasteiger partial charge in [0.1, 0.15) is 11.6 Å². The highest BCUT2D eigenvalue weighted by Gasteiger charge is 2.37. The standard InChI is InChI=1S/C25H30N4O2/c1-27-23(29-18-26)16-19-12-14-25(15-13-19,20-8-4-3-5-9-20)17-28-24(30)21-10-6-7-11-22(21)31-2/h3-11,19H,12-17H2,1-2H3,(H,27,29)(H,28,30). The van der Waals surface area contributed by atoms with Crippen LogP contribution in [0, 0.1) is 17.4 Å². The summed E-state index contributed by atoms with van der Waals surface area (Å²) in [4.78, 5) is 17.1. The van der Waals surface area contributed by atoms with Crippen molar-refractivity contribution >= 4 is 11.7 Å². The molecular weight excluding hydrogens is 388 g/mol. The van der Waals surface area contributed by atoms with E-state index in [1.54, 1.807) is 26.3 Å². The van der Waals surface area contributed by atoms with E-state index in [9.17, 15) is 4.79 Å². The zero-order chi connectivity index (χ0) is 22.1. The lowest BCUT2D eigenvalue weighted by molar-refractivity contribution is 0.0930. The van der Waals surface area contributed by atoms with Crippen LogP contribution in [0.4, 0.5) is 0 Å². The third-order valence-electron chi connectivity index (χ3n) is 6.34. The molecule has 2 aromatic rings. The van der Waals surface area contributed by atoms with Gasteiger partial charge in [-0.05, 0) is 49.3 Å². The van der Waals surface area contributed by atoms with Crippen molar-refractivity contribution in [1.29, 1.82) is 5.26 Å². The number of carbonyl (C=O) groups is 1. The molecule has 2 N–H and O–H groups in total. The number of carbonyl (C=O) groups excluding carboxylic acids is 1. The van der Waals surface area contributed by atoms with Gasteiger partial charge in [-0.3, -0.25) is 15.1 Å². The smallest absolute Gasteiger partial charge is 0.255 e. The van der Waals surface area contributed by atoms with E-state index in [2.05, 4.69) is 39.9 Å². The van der Waals surface area contributed by atoms with Gasteiger partial charge in [-0.15, -0.1) is 0 Å². The maximum Gasteiger partial charge on any atom is 0.255 e. The first-order valence-electron chi connectivity index (χ1n) is 10.7. The maximum atomic E-state index is 12.9. The second kappa shape index (κ2) is 10.6. The molecule has 162 valence electrons. The summed E-state index contributed by atoms with van der Waals surface area (Å²) in [6.45, 7) is 0.575. The van der Waals surface area contributed by atoms with Gasteiger partial charge < -0.3 is 10.1 Å². The predicted molar refractivity (Wildman–Crippen MR) is 122 cm³/mol. The molecule has 1 aliphatic rings. The summed E-state index contributed by atoms with van der Waals surface area (Å²) < 4.78 is 5.35. The molecule has 0 radical (unpaired) electrons. The molecule has 0 saturated heterocycles. The van der Waals surface area contributed by atoms with Crippen LogP contribution in [0.25, 0.3) is 0 Å². The molecule has 0 bridgehead atoms. The van der Waals surface area contributed by atoms with Crippen molar-refractivity contribution in [3.05, 3.63) is 65.7 Å². The highest BCUT2D eigenvalue weighted by molar-refractivity contribution is 5.97.